The summed E-state index contributed by atoms with van der Waals surface area (Å²) in [6.07, 6.45) is 2.14. The number of nitrogens with two attached hydrogens (primary N) is 1. The van der Waals surface area contributed by atoms with E-state index in [-0.39, 0.29) is 11.4 Å². The normalized spacial score (nSPS) is 17.6. The highest BCUT2D eigenvalue weighted by molar-refractivity contribution is 7.99. The summed E-state index contributed by atoms with van der Waals surface area (Å²) in [6.45, 7) is 4.07. The van der Waals surface area contributed by atoms with E-state index in [0.29, 0.717) is 29.5 Å². The van der Waals surface area contributed by atoms with Gasteiger partial charge in [-0.15, -0.1) is 0 Å². The zero-order valence-electron chi connectivity index (χ0n) is 11.9. The largest absolute Gasteiger partial charge is 0.465 e. The van der Waals surface area contributed by atoms with Gasteiger partial charge in [0.25, 0.3) is 0 Å². The van der Waals surface area contributed by atoms with E-state index in [1.54, 1.807) is 13.8 Å². The van der Waals surface area contributed by atoms with Crippen LogP contribution in [-0.2, 0) is 16.6 Å². The van der Waals surface area contributed by atoms with Gasteiger partial charge in [-0.2, -0.15) is 11.8 Å². The Labute approximate surface area is 124 Å². The third kappa shape index (κ3) is 3.39. The third-order valence-corrected chi connectivity index (χ3v) is 6.37. The highest BCUT2D eigenvalue weighted by Gasteiger charge is 2.27. The second-order valence-electron chi connectivity index (χ2n) is 5.13. The molecule has 3 N–H and O–H groups in total. The van der Waals surface area contributed by atoms with E-state index < -0.39 is 10.0 Å². The topological polar surface area (TPSA) is 85.3 Å². The lowest BCUT2D eigenvalue weighted by atomic mass is 10.0. The van der Waals surface area contributed by atoms with Crippen LogP contribution in [0.1, 0.15) is 29.9 Å². The number of nitrogens with one attached hydrogen (secondary N) is 1. The Morgan fingerprint density at radius 2 is 1.95 bits per heavy atom. The lowest BCUT2D eigenvalue weighted by Crippen LogP contribution is -2.31. The van der Waals surface area contributed by atoms with Crippen LogP contribution in [0.5, 0.6) is 0 Å². The fraction of sp³-hybridized carbons (Fsp3) is 0.692. The van der Waals surface area contributed by atoms with Crippen LogP contribution in [0.25, 0.3) is 0 Å². The Morgan fingerprint density at radius 3 is 2.55 bits per heavy atom. The summed E-state index contributed by atoms with van der Waals surface area (Å²) in [4.78, 5) is 0.225. The smallest absolute Gasteiger partial charge is 0.244 e. The fourth-order valence-electron chi connectivity index (χ4n) is 2.55. The van der Waals surface area contributed by atoms with Crippen LogP contribution < -0.4 is 10.5 Å². The molecule has 1 fully saturated rings. The second-order valence-corrected chi connectivity index (χ2v) is 8.06. The van der Waals surface area contributed by atoms with E-state index >= 15 is 0 Å². The molecule has 0 aliphatic carbocycles. The number of hydrogen-bond acceptors (Lipinski definition) is 5. The maximum atomic E-state index is 12.5. The third-order valence-electron chi connectivity index (χ3n) is 3.70. The highest BCUT2D eigenvalue weighted by atomic mass is 32.2. The first-order valence-electron chi connectivity index (χ1n) is 6.82. The van der Waals surface area contributed by atoms with Crippen LogP contribution in [0, 0.1) is 19.8 Å². The molecular formula is C13H22N2O3S2. The van der Waals surface area contributed by atoms with Gasteiger partial charge in [0, 0.05) is 18.7 Å². The Hall–Kier alpha value is -0.500. The van der Waals surface area contributed by atoms with Crippen molar-refractivity contribution in [2.24, 2.45) is 11.7 Å². The standard InChI is InChI=1S/C13H22N2O3S2/c1-9-12(7-14)13(10(2)18-9)20(16,17)15-8-11-3-5-19-6-4-11/h11,15H,3-8,14H2,1-2H3. The molecule has 1 saturated heterocycles. The number of hydrogen-bond donors (Lipinski definition) is 2. The van der Waals surface area contributed by atoms with Gasteiger partial charge in [-0.3, -0.25) is 0 Å². The zero-order chi connectivity index (χ0) is 14.8. The average molecular weight is 318 g/mol. The summed E-state index contributed by atoms with van der Waals surface area (Å²) in [6, 6.07) is 0. The lowest BCUT2D eigenvalue weighted by Gasteiger charge is -2.21. The monoisotopic (exact) mass is 318 g/mol. The molecule has 0 amide bonds. The van der Waals surface area contributed by atoms with Gasteiger partial charge in [0.2, 0.25) is 10.0 Å². The molecule has 2 heterocycles. The number of rotatable bonds is 5. The van der Waals surface area contributed by atoms with E-state index in [4.69, 9.17) is 10.2 Å². The van der Waals surface area contributed by atoms with Crippen LogP contribution in [0.3, 0.4) is 0 Å². The van der Waals surface area contributed by atoms with E-state index in [1.165, 1.54) is 0 Å². The molecule has 114 valence electrons. The Morgan fingerprint density at radius 1 is 1.30 bits per heavy atom. The molecule has 0 radical (unpaired) electrons. The molecule has 20 heavy (non-hydrogen) atoms. The van der Waals surface area contributed by atoms with Crippen molar-refractivity contribution in [3.8, 4) is 0 Å². The maximum Gasteiger partial charge on any atom is 0.244 e. The Bertz CT molecular complexity index is 560. The zero-order valence-corrected chi connectivity index (χ0v) is 13.6. The minimum Gasteiger partial charge on any atom is -0.465 e. The van der Waals surface area contributed by atoms with Gasteiger partial charge >= 0.3 is 0 Å². The van der Waals surface area contributed by atoms with Gasteiger partial charge in [0.05, 0.1) is 0 Å². The summed E-state index contributed by atoms with van der Waals surface area (Å²) in [5, 5.41) is 0. The van der Waals surface area contributed by atoms with Crippen LogP contribution in [0.4, 0.5) is 0 Å². The van der Waals surface area contributed by atoms with E-state index in [1.807, 2.05) is 11.8 Å². The first-order valence-corrected chi connectivity index (χ1v) is 9.46. The summed E-state index contributed by atoms with van der Waals surface area (Å²) in [5.41, 5.74) is 6.22. The molecule has 0 spiro atoms. The predicted octanol–water partition coefficient (Wildman–Crippen LogP) is 1.78. The molecule has 1 aliphatic heterocycles. The first kappa shape index (κ1) is 15.9. The van der Waals surface area contributed by atoms with Gasteiger partial charge < -0.3 is 10.2 Å². The molecule has 5 nitrogen and oxygen atoms in total. The van der Waals surface area contributed by atoms with E-state index in [9.17, 15) is 8.42 Å². The first-order chi connectivity index (χ1) is 9.45. The van der Waals surface area contributed by atoms with Gasteiger partial charge in [0.15, 0.2) is 0 Å². The molecule has 0 atom stereocenters. The molecule has 0 aromatic carbocycles. The molecule has 2 rings (SSSR count). The second kappa shape index (κ2) is 6.51. The summed E-state index contributed by atoms with van der Waals surface area (Å²) in [5.74, 6) is 3.66. The van der Waals surface area contributed by atoms with Gasteiger partial charge in [0.1, 0.15) is 16.4 Å². The number of aryl methyl sites for hydroxylation is 2. The van der Waals surface area contributed by atoms with Crippen molar-refractivity contribution in [3.05, 3.63) is 17.1 Å². The van der Waals surface area contributed by atoms with E-state index in [0.717, 1.165) is 24.3 Å². The van der Waals surface area contributed by atoms with Crippen LogP contribution >= 0.6 is 11.8 Å². The Balaban J connectivity index is 2.13. The SMILES string of the molecule is Cc1oc(C)c(S(=O)(=O)NCC2CCSCC2)c1CN. The van der Waals surface area contributed by atoms with Crippen molar-refractivity contribution in [3.63, 3.8) is 0 Å². The van der Waals surface area contributed by atoms with Crippen LogP contribution in [-0.4, -0.2) is 26.5 Å². The predicted molar refractivity (Wildman–Crippen MR) is 81.3 cm³/mol. The summed E-state index contributed by atoms with van der Waals surface area (Å²) >= 11 is 1.93. The molecule has 0 bridgehead atoms. The lowest BCUT2D eigenvalue weighted by molar-refractivity contribution is 0.474. The van der Waals surface area contributed by atoms with Crippen molar-refractivity contribution in [1.82, 2.24) is 4.72 Å². The Kier molecular flexibility index (Phi) is 5.17. The maximum absolute atomic E-state index is 12.5. The molecule has 0 saturated carbocycles. The number of thioether (sulfide) groups is 1. The minimum absolute atomic E-state index is 0.166. The molecule has 0 unspecified atom stereocenters. The quantitative estimate of drug-likeness (QED) is 0.864. The molecule has 1 aromatic rings. The van der Waals surface area contributed by atoms with Crippen LogP contribution in [0.15, 0.2) is 9.31 Å². The van der Waals surface area contributed by atoms with E-state index in [2.05, 4.69) is 4.72 Å². The average Bonchev–Trinajstić information content (AvgIpc) is 2.72. The fourth-order valence-corrected chi connectivity index (χ4v) is 5.32. The molecule has 7 heteroatoms. The highest BCUT2D eigenvalue weighted by Crippen LogP contribution is 2.27. The van der Waals surface area contributed by atoms with Crippen molar-refractivity contribution in [2.45, 2.75) is 38.1 Å². The van der Waals surface area contributed by atoms with Crippen molar-refractivity contribution in [1.29, 1.82) is 0 Å². The number of furan rings is 1. The van der Waals surface area contributed by atoms with Gasteiger partial charge in [-0.25, -0.2) is 13.1 Å². The number of sulfonamides is 1. The molecule has 1 aromatic heterocycles. The van der Waals surface area contributed by atoms with Gasteiger partial charge in [-0.05, 0) is 44.1 Å². The summed E-state index contributed by atoms with van der Waals surface area (Å²) < 4.78 is 33.0. The van der Waals surface area contributed by atoms with Crippen molar-refractivity contribution < 1.29 is 12.8 Å². The van der Waals surface area contributed by atoms with Crippen molar-refractivity contribution in [2.75, 3.05) is 18.1 Å². The molecular weight excluding hydrogens is 296 g/mol. The molecule has 1 aliphatic rings. The summed E-state index contributed by atoms with van der Waals surface area (Å²) in [7, 11) is -3.54. The van der Waals surface area contributed by atoms with Gasteiger partial charge in [-0.1, -0.05) is 0 Å². The van der Waals surface area contributed by atoms with Crippen LogP contribution in [0.2, 0.25) is 0 Å². The van der Waals surface area contributed by atoms with Crippen molar-refractivity contribution >= 4 is 21.8 Å². The minimum atomic E-state index is -3.54.